The van der Waals surface area contributed by atoms with Gasteiger partial charge in [-0.3, -0.25) is 19.3 Å². The molecular formula is C52H67NO18. The van der Waals surface area contributed by atoms with Crippen molar-refractivity contribution < 1.29 is 86.8 Å². The van der Waals surface area contributed by atoms with Gasteiger partial charge in [0.2, 0.25) is 0 Å². The summed E-state index contributed by atoms with van der Waals surface area (Å²) in [6.45, 7) is 15.5. The number of carbonyl (C=O) groups is 7. The van der Waals surface area contributed by atoms with E-state index in [0.29, 0.717) is 11.3 Å². The van der Waals surface area contributed by atoms with E-state index >= 15 is 9.59 Å². The molecule has 3 fully saturated rings. The second kappa shape index (κ2) is 20.0. The van der Waals surface area contributed by atoms with Gasteiger partial charge < -0.3 is 58.0 Å². The number of methoxy groups -OCH3 is 2. The van der Waals surface area contributed by atoms with Gasteiger partial charge in [0, 0.05) is 43.2 Å². The molecule has 388 valence electrons. The van der Waals surface area contributed by atoms with Crippen molar-refractivity contribution in [3.05, 3.63) is 70.8 Å². The van der Waals surface area contributed by atoms with Crippen molar-refractivity contribution in [1.82, 2.24) is 4.90 Å². The summed E-state index contributed by atoms with van der Waals surface area (Å²) >= 11 is 0. The molecule has 2 bridgehead atoms. The molecule has 71 heavy (non-hydrogen) atoms. The van der Waals surface area contributed by atoms with E-state index in [1.807, 2.05) is 13.8 Å². The molecule has 4 aliphatic rings. The van der Waals surface area contributed by atoms with E-state index in [0.717, 1.165) is 13.8 Å². The van der Waals surface area contributed by atoms with Gasteiger partial charge >= 0.3 is 30.0 Å². The number of aliphatic hydroxyl groups excluding tert-OH is 1. The zero-order valence-corrected chi connectivity index (χ0v) is 42.5. The van der Waals surface area contributed by atoms with Crippen LogP contribution in [-0.4, -0.2) is 136 Å². The molecular weight excluding hydrogens is 927 g/mol. The molecule has 2 aromatic rings. The highest BCUT2D eigenvalue weighted by atomic mass is 16.6. The number of ketones is 1. The van der Waals surface area contributed by atoms with Gasteiger partial charge in [-0.2, -0.15) is 0 Å². The Labute approximate surface area is 413 Å². The second-order valence-corrected chi connectivity index (χ2v) is 21.1. The van der Waals surface area contributed by atoms with Crippen LogP contribution in [0.1, 0.15) is 111 Å². The van der Waals surface area contributed by atoms with Gasteiger partial charge in [-0.25, -0.2) is 14.4 Å². The van der Waals surface area contributed by atoms with Gasteiger partial charge in [0.1, 0.15) is 53.4 Å². The fourth-order valence-corrected chi connectivity index (χ4v) is 11.2. The summed E-state index contributed by atoms with van der Waals surface area (Å²) < 4.78 is 47.5. The van der Waals surface area contributed by atoms with Gasteiger partial charge in [0.05, 0.1) is 43.3 Å². The molecule has 1 saturated heterocycles. The highest BCUT2D eigenvalue weighted by molar-refractivity contribution is 5.96. The molecule has 2 aromatic carbocycles. The number of ether oxygens (including phenoxy) is 8. The highest BCUT2D eigenvalue weighted by Crippen LogP contribution is 2.64. The number of amides is 1. The molecule has 1 aliphatic heterocycles. The molecule has 3 N–H and O–H groups in total. The number of hydrogen-bond acceptors (Lipinski definition) is 18. The molecule has 1 heterocycles. The lowest BCUT2D eigenvalue weighted by molar-refractivity contribution is -0.233. The number of hydrogen-bond donors (Lipinski definition) is 3. The third-order valence-electron chi connectivity index (χ3n) is 14.6. The summed E-state index contributed by atoms with van der Waals surface area (Å²) in [6, 6.07) is 11.3. The lowest BCUT2D eigenvalue weighted by Gasteiger charge is -2.59. The quantitative estimate of drug-likeness (QED) is 0.103. The summed E-state index contributed by atoms with van der Waals surface area (Å²) in [5, 5.41) is 38.9. The maximum atomic E-state index is 15.6. The Balaban J connectivity index is 1.58. The largest absolute Gasteiger partial charge is 0.497 e. The van der Waals surface area contributed by atoms with E-state index in [9.17, 15) is 39.3 Å². The van der Waals surface area contributed by atoms with Gasteiger partial charge in [-0.05, 0) is 82.4 Å². The molecule has 1 unspecified atom stereocenters. The van der Waals surface area contributed by atoms with E-state index in [2.05, 4.69) is 0 Å². The minimum absolute atomic E-state index is 0.0336. The normalized spacial score (nSPS) is 32.2. The average molecular weight is 994 g/mol. The van der Waals surface area contributed by atoms with Gasteiger partial charge in [0.15, 0.2) is 24.2 Å². The van der Waals surface area contributed by atoms with Crippen LogP contribution in [0.2, 0.25) is 0 Å². The number of rotatable bonds is 13. The van der Waals surface area contributed by atoms with Crippen LogP contribution in [0, 0.1) is 28.6 Å². The van der Waals surface area contributed by atoms with Crippen molar-refractivity contribution >= 4 is 42.0 Å². The van der Waals surface area contributed by atoms with Gasteiger partial charge in [-0.1, -0.05) is 45.9 Å². The molecule has 3 aliphatic carbocycles. The predicted molar refractivity (Wildman–Crippen MR) is 249 cm³/mol. The van der Waals surface area contributed by atoms with E-state index in [1.54, 1.807) is 57.2 Å². The number of benzene rings is 2. The first-order valence-corrected chi connectivity index (χ1v) is 23.5. The first kappa shape index (κ1) is 54.4. The Morgan fingerprint density at radius 2 is 1.58 bits per heavy atom. The zero-order valence-electron chi connectivity index (χ0n) is 42.5. The van der Waals surface area contributed by atoms with Crippen LogP contribution in [0.25, 0.3) is 0 Å². The SMILES string of the molecule is COc1ccc(C2O[C@@H](C(=O)O[C@H]3C[C@@]4(O)[C@@H](OC(=O)c5ccccc5)[C@@H]5[C@@](O)(COC(C)=O)[C@@H](C=O)[C@H](O)[C@@]5(C)C(=O)[C@H](OC(C)=O)C(=C3C)C4(C)C)[C@@H](CC(C)C)N2C(=O)OC(C)(C)C)c(OC)c1. The summed E-state index contributed by atoms with van der Waals surface area (Å²) in [5.41, 5.74) is -10.2. The number of nitrogens with zero attached hydrogens (tertiary/aromatic N) is 1. The first-order valence-electron chi connectivity index (χ1n) is 23.5. The first-order chi connectivity index (χ1) is 33.0. The molecule has 12 atom stereocenters. The Morgan fingerprint density at radius 3 is 2.13 bits per heavy atom. The average Bonchev–Trinajstić information content (AvgIpc) is 3.74. The number of aldehydes is 1. The Kier molecular flexibility index (Phi) is 15.3. The van der Waals surface area contributed by atoms with Crippen LogP contribution in [0.4, 0.5) is 4.79 Å². The Bertz CT molecular complexity index is 2440. The second-order valence-electron chi connectivity index (χ2n) is 21.1. The van der Waals surface area contributed by atoms with Crippen molar-refractivity contribution in [2.24, 2.45) is 28.6 Å². The monoisotopic (exact) mass is 993 g/mol. The molecule has 0 spiro atoms. The molecule has 19 nitrogen and oxygen atoms in total. The minimum atomic E-state index is -2.75. The van der Waals surface area contributed by atoms with E-state index in [4.69, 9.17) is 37.9 Å². The molecule has 0 radical (unpaired) electrons. The van der Waals surface area contributed by atoms with Crippen LogP contribution in [0.3, 0.4) is 0 Å². The maximum Gasteiger partial charge on any atom is 0.413 e. The van der Waals surface area contributed by atoms with E-state index in [1.165, 1.54) is 58.9 Å². The topological polar surface area (TPSA) is 257 Å². The van der Waals surface area contributed by atoms with Crippen molar-refractivity contribution in [2.45, 2.75) is 149 Å². The zero-order chi connectivity index (χ0) is 52.9. The Morgan fingerprint density at radius 1 is 0.930 bits per heavy atom. The van der Waals surface area contributed by atoms with Crippen LogP contribution in [0.15, 0.2) is 59.7 Å². The van der Waals surface area contributed by atoms with Crippen LogP contribution >= 0.6 is 0 Å². The molecule has 19 heteroatoms. The van der Waals surface area contributed by atoms with Crippen molar-refractivity contribution in [2.75, 3.05) is 20.8 Å². The number of Topliss-reactive ketones (excluding diaryl/α,β-unsaturated/α-hetero) is 1. The van der Waals surface area contributed by atoms with E-state index in [-0.39, 0.29) is 41.1 Å². The molecule has 0 aromatic heterocycles. The fourth-order valence-electron chi connectivity index (χ4n) is 11.2. The van der Waals surface area contributed by atoms with E-state index < -0.39 is 131 Å². The lowest BCUT2D eigenvalue weighted by Crippen LogP contribution is -2.71. The number of carbonyl (C=O) groups excluding carboxylic acids is 7. The number of fused-ring (bicyclic) bond motifs is 3. The summed E-state index contributed by atoms with van der Waals surface area (Å²) in [4.78, 5) is 99.4. The van der Waals surface area contributed by atoms with Crippen LogP contribution < -0.4 is 9.47 Å². The summed E-state index contributed by atoms with van der Waals surface area (Å²) in [6.07, 6.45) is -11.7. The fraction of sp³-hybridized carbons (Fsp3) is 0.596. The maximum absolute atomic E-state index is 15.6. The smallest absolute Gasteiger partial charge is 0.413 e. The standard InChI is InChI=1S/C52H67NO18/c1-26(2)21-34-38(69-44(53(34)47(61)71-48(6,7)8)32-20-19-31(64-12)22-35(32)65-13)46(60)68-36-23-52(63)43(70-45(59)30-17-15-14-16-18-30)40-50(11,41(57)33(24-54)51(40,62)25-66-28(4)55)42(58)39(67-29(5)56)37(27(36)3)49(52,9)10/h14-20,22,24,26,33-34,36,38-41,43-44,57,62-63H,21,23,25H2,1-13H3/t33-,34+,36-,38+,39+,40-,41-,43-,44?,50-,51+,52+/m0/s1. The molecule has 2 saturated carbocycles. The third kappa shape index (κ3) is 9.65. The molecule has 6 rings (SSSR count). The van der Waals surface area contributed by atoms with Crippen LogP contribution in [-0.2, 0) is 52.4 Å². The lowest BCUT2D eigenvalue weighted by atomic mass is 9.50. The van der Waals surface area contributed by atoms with Crippen molar-refractivity contribution in [3.63, 3.8) is 0 Å². The van der Waals surface area contributed by atoms with Crippen molar-refractivity contribution in [1.29, 1.82) is 0 Å². The number of aliphatic hydroxyl groups is 3. The van der Waals surface area contributed by atoms with Gasteiger partial charge in [-0.15, -0.1) is 0 Å². The summed E-state index contributed by atoms with van der Waals surface area (Å²) in [7, 11) is 2.88. The Hall–Kier alpha value is -5.89. The van der Waals surface area contributed by atoms with Crippen molar-refractivity contribution in [3.8, 4) is 11.5 Å². The minimum Gasteiger partial charge on any atom is -0.497 e. The molecule has 1 amide bonds. The van der Waals surface area contributed by atoms with Crippen LogP contribution in [0.5, 0.6) is 11.5 Å². The highest BCUT2D eigenvalue weighted by Gasteiger charge is 2.78. The van der Waals surface area contributed by atoms with Gasteiger partial charge in [0.25, 0.3) is 0 Å². The summed E-state index contributed by atoms with van der Waals surface area (Å²) in [5.74, 6) is -8.49. The third-order valence-corrected chi connectivity index (χ3v) is 14.6. The predicted octanol–water partition coefficient (Wildman–Crippen LogP) is 4.99. The number of esters is 4.